The molecule has 2 aromatic heterocycles. The Morgan fingerprint density at radius 3 is 2.31 bits per heavy atom. The van der Waals surface area contributed by atoms with Crippen LogP contribution in [0.25, 0.3) is 22.6 Å². The van der Waals surface area contributed by atoms with Gasteiger partial charge >= 0.3 is 6.18 Å². The van der Waals surface area contributed by atoms with Crippen molar-refractivity contribution >= 4 is 0 Å². The molecule has 3 rings (SSSR count). The summed E-state index contributed by atoms with van der Waals surface area (Å²) in [7, 11) is 0. The van der Waals surface area contributed by atoms with E-state index < -0.39 is 23.5 Å². The van der Waals surface area contributed by atoms with Gasteiger partial charge in [-0.1, -0.05) is 39.5 Å². The number of hydrogen-bond donors (Lipinski definition) is 1. The first kappa shape index (κ1) is 23.9. The maximum absolute atomic E-state index is 14.4. The van der Waals surface area contributed by atoms with Crippen molar-refractivity contribution in [2.45, 2.75) is 58.5 Å². The van der Waals surface area contributed by atoms with Crippen molar-refractivity contribution < 1.29 is 22.0 Å². The van der Waals surface area contributed by atoms with E-state index in [1.807, 2.05) is 5.10 Å². The van der Waals surface area contributed by atoms with Crippen LogP contribution >= 0.6 is 0 Å². The van der Waals surface area contributed by atoms with Crippen molar-refractivity contribution in [2.24, 2.45) is 5.92 Å². The summed E-state index contributed by atoms with van der Waals surface area (Å²) in [5.74, 6) is -0.973. The molecule has 1 N–H and O–H groups in total. The van der Waals surface area contributed by atoms with Gasteiger partial charge in [-0.2, -0.15) is 18.3 Å². The molecule has 1 unspecified atom stereocenters. The van der Waals surface area contributed by atoms with Gasteiger partial charge in [-0.05, 0) is 54.7 Å². The first-order valence-corrected chi connectivity index (χ1v) is 10.8. The molecule has 0 aliphatic heterocycles. The fourth-order valence-corrected chi connectivity index (χ4v) is 3.71. The second-order valence-corrected chi connectivity index (χ2v) is 7.99. The number of pyridine rings is 1. The third kappa shape index (κ3) is 5.93. The van der Waals surface area contributed by atoms with E-state index in [9.17, 15) is 22.0 Å². The quantitative estimate of drug-likeness (QED) is 0.341. The second kappa shape index (κ2) is 10.2. The predicted octanol–water partition coefficient (Wildman–Crippen LogP) is 7.58. The normalized spacial score (nSPS) is 12.8. The number of alkyl halides is 3. The lowest BCUT2D eigenvalue weighted by atomic mass is 9.92. The smallest absolute Gasteiger partial charge is 0.273 e. The Balaban J connectivity index is 1.99. The van der Waals surface area contributed by atoms with Crippen LogP contribution in [-0.2, 0) is 12.6 Å². The number of rotatable bonds is 9. The molecule has 0 aliphatic carbocycles. The number of benzene rings is 1. The van der Waals surface area contributed by atoms with Crippen LogP contribution in [0.1, 0.15) is 57.2 Å². The number of aryl methyl sites for hydroxylation is 1. The van der Waals surface area contributed by atoms with Crippen LogP contribution < -0.4 is 0 Å². The molecular formula is C24H26F5N3. The van der Waals surface area contributed by atoms with Gasteiger partial charge in [0, 0.05) is 11.6 Å². The average molecular weight is 451 g/mol. The molecule has 0 spiro atoms. The maximum atomic E-state index is 14.4. The lowest BCUT2D eigenvalue weighted by Crippen LogP contribution is -2.04. The molecule has 2 heterocycles. The van der Waals surface area contributed by atoms with Crippen LogP contribution in [0.2, 0.25) is 0 Å². The first-order chi connectivity index (χ1) is 15.2. The van der Waals surface area contributed by atoms with E-state index >= 15 is 0 Å². The Morgan fingerprint density at radius 2 is 1.69 bits per heavy atom. The van der Waals surface area contributed by atoms with E-state index in [2.05, 4.69) is 23.9 Å². The van der Waals surface area contributed by atoms with Gasteiger partial charge in [0.1, 0.15) is 23.0 Å². The molecule has 0 saturated heterocycles. The third-order valence-corrected chi connectivity index (χ3v) is 5.62. The van der Waals surface area contributed by atoms with Crippen molar-refractivity contribution in [3.8, 4) is 22.6 Å². The summed E-state index contributed by atoms with van der Waals surface area (Å²) in [4.78, 5) is 4.34. The number of unbranched alkanes of at least 4 members (excludes halogenated alkanes) is 1. The van der Waals surface area contributed by atoms with Crippen molar-refractivity contribution in [2.75, 3.05) is 0 Å². The zero-order valence-electron chi connectivity index (χ0n) is 18.1. The minimum Gasteiger partial charge on any atom is -0.273 e. The monoisotopic (exact) mass is 451 g/mol. The molecule has 32 heavy (non-hydrogen) atoms. The highest BCUT2D eigenvalue weighted by molar-refractivity contribution is 5.66. The van der Waals surface area contributed by atoms with E-state index in [0.717, 1.165) is 55.9 Å². The number of halogens is 5. The van der Waals surface area contributed by atoms with Crippen LogP contribution in [0, 0.1) is 17.6 Å². The van der Waals surface area contributed by atoms with Gasteiger partial charge in [0.25, 0.3) is 0 Å². The lowest BCUT2D eigenvalue weighted by Gasteiger charge is -2.15. The zero-order chi connectivity index (χ0) is 23.3. The van der Waals surface area contributed by atoms with Crippen LogP contribution in [0.15, 0.2) is 36.4 Å². The molecular weight excluding hydrogens is 425 g/mol. The summed E-state index contributed by atoms with van der Waals surface area (Å²) in [6, 6.07) is 7.45. The van der Waals surface area contributed by atoms with Crippen LogP contribution in [0.5, 0.6) is 0 Å². The van der Waals surface area contributed by atoms with E-state index in [1.54, 1.807) is 12.1 Å². The SMILES string of the molecule is CCCCC(CC)CCc1cc(-c2cc(C(F)(F)F)[nH]n2)nc(-c2ccc(F)cc2F)c1. The molecule has 8 heteroatoms. The zero-order valence-corrected chi connectivity index (χ0v) is 18.1. The number of nitrogens with zero attached hydrogens (tertiary/aromatic N) is 2. The van der Waals surface area contributed by atoms with Crippen molar-refractivity contribution in [3.63, 3.8) is 0 Å². The van der Waals surface area contributed by atoms with Gasteiger partial charge in [0.2, 0.25) is 0 Å². The predicted molar refractivity (Wildman–Crippen MR) is 114 cm³/mol. The molecule has 3 nitrogen and oxygen atoms in total. The lowest BCUT2D eigenvalue weighted by molar-refractivity contribution is -0.141. The summed E-state index contributed by atoms with van der Waals surface area (Å²) >= 11 is 0. The van der Waals surface area contributed by atoms with Gasteiger partial charge in [-0.15, -0.1) is 0 Å². The molecule has 0 aliphatic rings. The van der Waals surface area contributed by atoms with Crippen molar-refractivity contribution in [3.05, 3.63) is 59.3 Å². The van der Waals surface area contributed by atoms with Crippen LogP contribution in [0.4, 0.5) is 22.0 Å². The Hall–Kier alpha value is -2.77. The van der Waals surface area contributed by atoms with Gasteiger partial charge < -0.3 is 0 Å². The molecule has 0 bridgehead atoms. The minimum absolute atomic E-state index is 0.0148. The van der Waals surface area contributed by atoms with E-state index in [4.69, 9.17) is 0 Å². The van der Waals surface area contributed by atoms with Gasteiger partial charge in [-0.3, -0.25) is 5.10 Å². The van der Waals surface area contributed by atoms with Gasteiger partial charge in [-0.25, -0.2) is 13.8 Å². The molecule has 3 aromatic rings. The summed E-state index contributed by atoms with van der Waals surface area (Å²) in [5.41, 5.74) is 0.364. The molecule has 0 saturated carbocycles. The highest BCUT2D eigenvalue weighted by Gasteiger charge is 2.33. The van der Waals surface area contributed by atoms with Crippen LogP contribution in [0.3, 0.4) is 0 Å². The Kier molecular flexibility index (Phi) is 7.64. The maximum Gasteiger partial charge on any atom is 0.432 e. The molecule has 0 amide bonds. The average Bonchev–Trinajstić information content (AvgIpc) is 3.25. The van der Waals surface area contributed by atoms with Crippen LogP contribution in [-0.4, -0.2) is 15.2 Å². The summed E-state index contributed by atoms with van der Waals surface area (Å²) < 4.78 is 66.8. The first-order valence-electron chi connectivity index (χ1n) is 10.8. The molecule has 0 radical (unpaired) electrons. The topological polar surface area (TPSA) is 41.6 Å². The van der Waals surface area contributed by atoms with E-state index in [-0.39, 0.29) is 22.6 Å². The Bertz CT molecular complexity index is 1040. The Labute approximate surface area is 184 Å². The standard InChI is InChI=1S/C24H26F5N3/c1-3-5-6-15(4-2)7-8-16-11-20(18-10-9-17(25)13-19(18)26)30-21(12-16)22-14-23(32-31-22)24(27,28)29/h9-15H,3-8H2,1-2H3,(H,31,32). The molecule has 0 fully saturated rings. The summed E-state index contributed by atoms with van der Waals surface area (Å²) in [6.07, 6.45) is 1.40. The number of aromatic nitrogens is 3. The Morgan fingerprint density at radius 1 is 0.938 bits per heavy atom. The summed E-state index contributed by atoms with van der Waals surface area (Å²) in [5, 5.41) is 5.74. The number of hydrogen-bond acceptors (Lipinski definition) is 2. The highest BCUT2D eigenvalue weighted by Crippen LogP contribution is 2.32. The fraction of sp³-hybridized carbons (Fsp3) is 0.417. The number of nitrogens with one attached hydrogen (secondary N) is 1. The largest absolute Gasteiger partial charge is 0.432 e. The van der Waals surface area contributed by atoms with E-state index in [0.29, 0.717) is 12.3 Å². The van der Waals surface area contributed by atoms with E-state index in [1.165, 1.54) is 6.07 Å². The number of H-pyrrole nitrogens is 1. The second-order valence-electron chi connectivity index (χ2n) is 7.99. The highest BCUT2D eigenvalue weighted by atomic mass is 19.4. The minimum atomic E-state index is -4.57. The fourth-order valence-electron chi connectivity index (χ4n) is 3.71. The molecule has 1 aromatic carbocycles. The van der Waals surface area contributed by atoms with Crippen molar-refractivity contribution in [1.29, 1.82) is 0 Å². The number of aromatic amines is 1. The van der Waals surface area contributed by atoms with Gasteiger partial charge in [0.05, 0.1) is 11.4 Å². The van der Waals surface area contributed by atoms with Crippen molar-refractivity contribution in [1.82, 2.24) is 15.2 Å². The molecule has 172 valence electrons. The summed E-state index contributed by atoms with van der Waals surface area (Å²) in [6.45, 7) is 4.28. The third-order valence-electron chi connectivity index (χ3n) is 5.62. The molecule has 1 atom stereocenters. The van der Waals surface area contributed by atoms with Gasteiger partial charge in [0.15, 0.2) is 0 Å².